The first-order valence-corrected chi connectivity index (χ1v) is 10.8. The summed E-state index contributed by atoms with van der Waals surface area (Å²) in [5.74, 6) is -0.468. The van der Waals surface area contributed by atoms with Gasteiger partial charge < -0.3 is 10.6 Å². The second-order valence-corrected chi connectivity index (χ2v) is 8.29. The Balaban J connectivity index is 1.69. The van der Waals surface area contributed by atoms with E-state index in [0.717, 1.165) is 22.5 Å². The smallest absolute Gasteiger partial charge is 0.248 e. The number of halogens is 1. The monoisotopic (exact) mass is 450 g/mol. The van der Waals surface area contributed by atoms with Crippen molar-refractivity contribution in [3.8, 4) is 0 Å². The molecule has 0 atom stereocenters. The lowest BCUT2D eigenvalue weighted by Crippen LogP contribution is -2.17. The minimum atomic E-state index is -0.269. The third-order valence-corrected chi connectivity index (χ3v) is 5.41. The number of carbonyl (C=O) groups is 2. The van der Waals surface area contributed by atoms with Gasteiger partial charge in [-0.15, -0.1) is 0 Å². The summed E-state index contributed by atoms with van der Waals surface area (Å²) in [5, 5.41) is 10.9. The average molecular weight is 451 g/mol. The average Bonchev–Trinajstić information content (AvgIpc) is 3.01. The van der Waals surface area contributed by atoms with E-state index in [0.29, 0.717) is 22.9 Å². The van der Waals surface area contributed by atoms with Gasteiger partial charge in [-0.05, 0) is 49.8 Å². The van der Waals surface area contributed by atoms with Gasteiger partial charge in [0.05, 0.1) is 12.2 Å². The molecule has 6 nitrogen and oxygen atoms in total. The number of amides is 2. The van der Waals surface area contributed by atoms with Crippen molar-refractivity contribution in [2.45, 2.75) is 34.2 Å². The number of anilines is 2. The van der Waals surface area contributed by atoms with Gasteiger partial charge in [-0.3, -0.25) is 14.3 Å². The van der Waals surface area contributed by atoms with Gasteiger partial charge in [-0.2, -0.15) is 5.10 Å². The number of carbonyl (C=O) groups excluding carboxylic acids is 2. The van der Waals surface area contributed by atoms with Crippen molar-refractivity contribution in [2.24, 2.45) is 5.92 Å². The molecule has 0 aliphatic heterocycles. The van der Waals surface area contributed by atoms with Crippen LogP contribution >= 0.6 is 11.6 Å². The number of benzene rings is 2. The van der Waals surface area contributed by atoms with Crippen LogP contribution in [-0.4, -0.2) is 21.6 Å². The molecule has 0 aliphatic rings. The van der Waals surface area contributed by atoms with Gasteiger partial charge in [0.1, 0.15) is 0 Å². The molecule has 0 aliphatic carbocycles. The molecule has 2 N–H and O–H groups in total. The quantitative estimate of drug-likeness (QED) is 0.470. The second kappa shape index (κ2) is 10.3. The number of aromatic nitrogens is 2. The number of hydrogen-bond acceptors (Lipinski definition) is 3. The Morgan fingerprint density at radius 3 is 2.44 bits per heavy atom. The van der Waals surface area contributed by atoms with Gasteiger partial charge in [0.15, 0.2) is 0 Å². The molecule has 1 heterocycles. The van der Waals surface area contributed by atoms with Gasteiger partial charge in [-0.25, -0.2) is 0 Å². The summed E-state index contributed by atoms with van der Waals surface area (Å²) in [6.45, 7) is 8.09. The van der Waals surface area contributed by atoms with Crippen molar-refractivity contribution in [2.75, 3.05) is 10.6 Å². The van der Waals surface area contributed by atoms with E-state index in [2.05, 4.69) is 15.7 Å². The summed E-state index contributed by atoms with van der Waals surface area (Å²) in [4.78, 5) is 24.3. The van der Waals surface area contributed by atoms with Gasteiger partial charge >= 0.3 is 0 Å². The normalized spacial score (nSPS) is 11.2. The zero-order valence-electron chi connectivity index (χ0n) is 18.6. The van der Waals surface area contributed by atoms with Crippen LogP contribution in [0, 0.1) is 19.8 Å². The fourth-order valence-electron chi connectivity index (χ4n) is 3.20. The summed E-state index contributed by atoms with van der Waals surface area (Å²) in [7, 11) is 0. The molecule has 3 aromatic rings. The van der Waals surface area contributed by atoms with Crippen LogP contribution in [0.4, 0.5) is 11.4 Å². The molecule has 32 heavy (non-hydrogen) atoms. The van der Waals surface area contributed by atoms with Crippen LogP contribution in [-0.2, 0) is 16.1 Å². The predicted octanol–water partition coefficient (Wildman–Crippen LogP) is 5.45. The maximum Gasteiger partial charge on any atom is 0.248 e. The molecule has 0 fully saturated rings. The Morgan fingerprint density at radius 2 is 1.75 bits per heavy atom. The number of nitrogens with one attached hydrogen (secondary N) is 2. The number of aryl methyl sites for hydroxylation is 1. The predicted molar refractivity (Wildman–Crippen MR) is 130 cm³/mol. The highest BCUT2D eigenvalue weighted by atomic mass is 35.5. The van der Waals surface area contributed by atoms with Crippen LogP contribution in [0.5, 0.6) is 0 Å². The van der Waals surface area contributed by atoms with Crippen LogP contribution in [0.2, 0.25) is 5.02 Å². The standard InChI is InChI=1S/C25H27ClN4O2/c1-16(2)25(32)28-21-10-7-9-20(14-21)27-24(31)13-12-22-17(3)29-30(18(22)4)15-19-8-5-6-11-23(19)26/h5-14,16H,15H2,1-4H3,(H,27,31)(H,28,32)/b13-12+. The van der Waals surface area contributed by atoms with Crippen molar-refractivity contribution >= 4 is 40.9 Å². The van der Waals surface area contributed by atoms with Crippen LogP contribution < -0.4 is 10.6 Å². The third kappa shape index (κ3) is 5.86. The Morgan fingerprint density at radius 1 is 1.06 bits per heavy atom. The summed E-state index contributed by atoms with van der Waals surface area (Å²) < 4.78 is 1.88. The molecule has 2 aromatic carbocycles. The van der Waals surface area contributed by atoms with E-state index in [1.807, 2.05) is 56.6 Å². The molecule has 0 spiro atoms. The van der Waals surface area contributed by atoms with Crippen LogP contribution in [0.3, 0.4) is 0 Å². The van der Waals surface area contributed by atoms with E-state index in [1.54, 1.807) is 30.3 Å². The Labute approximate surface area is 193 Å². The fourth-order valence-corrected chi connectivity index (χ4v) is 3.39. The van der Waals surface area contributed by atoms with Gasteiger partial charge in [0.2, 0.25) is 11.8 Å². The highest BCUT2D eigenvalue weighted by Gasteiger charge is 2.12. The highest BCUT2D eigenvalue weighted by Crippen LogP contribution is 2.21. The van der Waals surface area contributed by atoms with Crippen molar-refractivity contribution < 1.29 is 9.59 Å². The van der Waals surface area contributed by atoms with Crippen molar-refractivity contribution in [3.05, 3.63) is 82.1 Å². The van der Waals surface area contributed by atoms with Crippen LogP contribution in [0.15, 0.2) is 54.6 Å². The molecular formula is C25H27ClN4O2. The Hall–Kier alpha value is -3.38. The minimum Gasteiger partial charge on any atom is -0.326 e. The minimum absolute atomic E-state index is 0.0758. The van der Waals surface area contributed by atoms with Crippen molar-refractivity contribution in [1.29, 1.82) is 0 Å². The summed E-state index contributed by atoms with van der Waals surface area (Å²) >= 11 is 6.28. The van der Waals surface area contributed by atoms with Gasteiger partial charge in [-0.1, -0.05) is 49.7 Å². The van der Waals surface area contributed by atoms with E-state index in [4.69, 9.17) is 11.6 Å². The lowest BCUT2D eigenvalue weighted by molar-refractivity contribution is -0.119. The molecule has 3 rings (SSSR count). The van der Waals surface area contributed by atoms with Gasteiger partial charge in [0, 0.05) is 39.6 Å². The van der Waals surface area contributed by atoms with E-state index < -0.39 is 0 Å². The molecule has 166 valence electrons. The molecule has 0 radical (unpaired) electrons. The Bertz CT molecular complexity index is 1160. The maximum atomic E-state index is 12.5. The van der Waals surface area contributed by atoms with E-state index in [-0.39, 0.29) is 17.7 Å². The Kier molecular flexibility index (Phi) is 7.49. The maximum absolute atomic E-state index is 12.5. The molecular weight excluding hydrogens is 424 g/mol. The number of rotatable bonds is 7. The molecule has 7 heteroatoms. The number of hydrogen-bond donors (Lipinski definition) is 2. The lowest BCUT2D eigenvalue weighted by atomic mass is 10.1. The molecule has 0 bridgehead atoms. The largest absolute Gasteiger partial charge is 0.326 e. The van der Waals surface area contributed by atoms with Crippen LogP contribution in [0.1, 0.15) is 36.4 Å². The SMILES string of the molecule is Cc1nn(Cc2ccccc2Cl)c(C)c1/C=C/C(=O)Nc1cccc(NC(=O)C(C)C)c1. The van der Waals surface area contributed by atoms with Gasteiger partial charge in [0.25, 0.3) is 0 Å². The summed E-state index contributed by atoms with van der Waals surface area (Å²) in [6, 6.07) is 14.7. The van der Waals surface area contributed by atoms with Crippen molar-refractivity contribution in [1.82, 2.24) is 9.78 Å². The first kappa shape index (κ1) is 23.3. The van der Waals surface area contributed by atoms with Crippen LogP contribution in [0.25, 0.3) is 6.08 Å². The first-order chi connectivity index (χ1) is 15.2. The number of nitrogens with zero attached hydrogens (tertiary/aromatic N) is 2. The highest BCUT2D eigenvalue weighted by molar-refractivity contribution is 6.31. The zero-order valence-corrected chi connectivity index (χ0v) is 19.4. The molecule has 1 aromatic heterocycles. The van der Waals surface area contributed by atoms with E-state index >= 15 is 0 Å². The second-order valence-electron chi connectivity index (χ2n) is 7.88. The van der Waals surface area contributed by atoms with Crippen molar-refractivity contribution in [3.63, 3.8) is 0 Å². The lowest BCUT2D eigenvalue weighted by Gasteiger charge is -2.09. The molecule has 0 saturated heterocycles. The first-order valence-electron chi connectivity index (χ1n) is 10.4. The fraction of sp³-hybridized carbons (Fsp3) is 0.240. The molecule has 0 saturated carbocycles. The summed E-state index contributed by atoms with van der Waals surface area (Å²) in [5.41, 5.74) is 4.89. The third-order valence-electron chi connectivity index (χ3n) is 5.04. The molecule has 2 amide bonds. The zero-order chi connectivity index (χ0) is 23.3. The molecule has 0 unspecified atom stereocenters. The topological polar surface area (TPSA) is 76.0 Å². The van der Waals surface area contributed by atoms with E-state index in [9.17, 15) is 9.59 Å². The van der Waals surface area contributed by atoms with E-state index in [1.165, 1.54) is 6.08 Å². The summed E-state index contributed by atoms with van der Waals surface area (Å²) in [6.07, 6.45) is 3.25.